The molecule has 2 aliphatic heterocycles. The molecule has 2 saturated heterocycles. The Morgan fingerprint density at radius 3 is 1.87 bits per heavy atom. The second-order valence-electron chi connectivity index (χ2n) is 22.9. The van der Waals surface area contributed by atoms with Crippen molar-refractivity contribution in [3.8, 4) is 68.9 Å². The highest BCUT2D eigenvalue weighted by molar-refractivity contribution is 5.86. The first kappa shape index (κ1) is 58.7. The van der Waals surface area contributed by atoms with Gasteiger partial charge in [-0.05, 0) is 122 Å². The summed E-state index contributed by atoms with van der Waals surface area (Å²) in [6.45, 7) is 3.97. The molecule has 0 atom stereocenters. The molecule has 12 aromatic rings. The first-order valence-corrected chi connectivity index (χ1v) is 30.2. The van der Waals surface area contributed by atoms with E-state index in [1.54, 1.807) is 73.3 Å². The quantitative estimate of drug-likeness (QED) is 0.0672. The third kappa shape index (κ3) is 12.3. The summed E-state index contributed by atoms with van der Waals surface area (Å²) in [5.41, 5.74) is 21.8. The second-order valence-corrected chi connectivity index (χ2v) is 22.9. The summed E-state index contributed by atoms with van der Waals surface area (Å²) in [7, 11) is 0. The van der Waals surface area contributed by atoms with Crippen molar-refractivity contribution in [2.45, 2.75) is 64.2 Å². The summed E-state index contributed by atoms with van der Waals surface area (Å²) in [6, 6.07) is 41.6. The molecule has 12 heterocycles. The lowest BCUT2D eigenvalue weighted by Crippen LogP contribution is -2.38. The SMILES string of the molecule is N#Cc1cc(NC2CCN(Cc3ccc(-n4c(-c5cccnc5N)nc5ccc(-c6cccn(Cc7cnc(-c8nc9ccc(-c%10ccc(=O)n(CF)c%10)nc9n8-c8ccc(CN9CCC(Nc%10ccnc(C#N)n%10)CC9)cc8)c(N)n7)c6=O)nc54)cc3)CC2)ncn1. The highest BCUT2D eigenvalue weighted by Crippen LogP contribution is 2.34. The third-order valence-corrected chi connectivity index (χ3v) is 16.8. The maximum Gasteiger partial charge on any atom is 0.260 e. The van der Waals surface area contributed by atoms with Crippen LogP contribution in [0.5, 0.6) is 0 Å². The molecule has 0 spiro atoms. The molecule has 0 bridgehead atoms. The van der Waals surface area contributed by atoms with Crippen molar-refractivity contribution in [1.29, 1.82) is 10.5 Å². The van der Waals surface area contributed by atoms with Crippen LogP contribution in [0.15, 0.2) is 168 Å². The number of nitrogen functional groups attached to an aromatic ring is 2. The van der Waals surface area contributed by atoms with Crippen molar-refractivity contribution < 1.29 is 4.39 Å². The van der Waals surface area contributed by atoms with E-state index in [1.165, 1.54) is 23.2 Å². The Morgan fingerprint density at radius 2 is 1.22 bits per heavy atom. The van der Waals surface area contributed by atoms with E-state index in [0.717, 1.165) is 79.8 Å². The molecule has 14 rings (SSSR count). The van der Waals surface area contributed by atoms with Gasteiger partial charge in [-0.1, -0.05) is 24.3 Å². The van der Waals surface area contributed by atoms with Crippen LogP contribution in [0, 0.1) is 22.7 Å². The second kappa shape index (κ2) is 25.5. The number of benzene rings is 2. The molecule has 93 heavy (non-hydrogen) atoms. The monoisotopic (exact) mass is 1240 g/mol. The molecule has 460 valence electrons. The molecule has 0 aliphatic carbocycles. The fourth-order valence-corrected chi connectivity index (χ4v) is 12.1. The molecule has 0 amide bonds. The number of fused-ring (bicyclic) bond motifs is 2. The number of likely N-dealkylation sites (tertiary alicyclic amines) is 2. The third-order valence-electron chi connectivity index (χ3n) is 16.8. The van der Waals surface area contributed by atoms with Crippen molar-refractivity contribution in [1.82, 2.24) is 82.9 Å². The zero-order valence-corrected chi connectivity index (χ0v) is 50.0. The van der Waals surface area contributed by atoms with Gasteiger partial charge in [0.2, 0.25) is 5.82 Å². The molecular formula is C67H58FN23O2. The van der Waals surface area contributed by atoms with Crippen molar-refractivity contribution in [2.24, 2.45) is 0 Å². The van der Waals surface area contributed by atoms with Crippen LogP contribution >= 0.6 is 0 Å². The molecule has 2 aromatic carbocycles. The number of hydrogen-bond acceptors (Lipinski definition) is 21. The van der Waals surface area contributed by atoms with Gasteiger partial charge < -0.3 is 26.7 Å². The van der Waals surface area contributed by atoms with Crippen LogP contribution in [0.25, 0.3) is 79.1 Å². The lowest BCUT2D eigenvalue weighted by Gasteiger charge is -2.32. The Hall–Kier alpha value is -12.0. The van der Waals surface area contributed by atoms with Gasteiger partial charge in [-0.25, -0.2) is 59.2 Å². The number of hydrogen-bond donors (Lipinski definition) is 4. The number of nitriles is 2. The maximum atomic E-state index is 14.6. The van der Waals surface area contributed by atoms with E-state index in [-0.39, 0.29) is 41.5 Å². The number of pyridine rings is 5. The van der Waals surface area contributed by atoms with E-state index < -0.39 is 12.4 Å². The molecule has 0 unspecified atom stereocenters. The van der Waals surface area contributed by atoms with Crippen molar-refractivity contribution in [3.63, 3.8) is 0 Å². The van der Waals surface area contributed by atoms with Crippen LogP contribution in [0.3, 0.4) is 0 Å². The van der Waals surface area contributed by atoms with Gasteiger partial charge in [0, 0.05) is 105 Å². The zero-order chi connectivity index (χ0) is 63.5. The van der Waals surface area contributed by atoms with Crippen LogP contribution in [0.1, 0.15) is 54.0 Å². The Labute approximate surface area is 530 Å². The Bertz CT molecular complexity index is 5000. The maximum absolute atomic E-state index is 14.6. The fraction of sp³-hybridized carbons (Fsp3) is 0.209. The van der Waals surface area contributed by atoms with E-state index in [4.69, 9.17) is 41.4 Å². The number of halogens is 1. The normalized spacial score (nSPS) is 14.1. The summed E-state index contributed by atoms with van der Waals surface area (Å²) < 4.78 is 20.2. The van der Waals surface area contributed by atoms with Crippen molar-refractivity contribution >= 4 is 45.6 Å². The van der Waals surface area contributed by atoms with E-state index in [2.05, 4.69) is 75.7 Å². The Morgan fingerprint density at radius 1 is 0.570 bits per heavy atom. The van der Waals surface area contributed by atoms with E-state index >= 15 is 0 Å². The summed E-state index contributed by atoms with van der Waals surface area (Å²) in [5.74, 6) is 2.69. The van der Waals surface area contributed by atoms with E-state index in [1.807, 2.05) is 57.7 Å². The Kier molecular flexibility index (Phi) is 16.1. The van der Waals surface area contributed by atoms with Gasteiger partial charge in [-0.3, -0.25) is 33.1 Å². The summed E-state index contributed by atoms with van der Waals surface area (Å²) >= 11 is 0. The average Bonchev–Trinajstić information content (AvgIpc) is 1.64. The average molecular weight is 1240 g/mol. The first-order chi connectivity index (χ1) is 45.5. The van der Waals surface area contributed by atoms with Gasteiger partial charge in [0.25, 0.3) is 11.1 Å². The van der Waals surface area contributed by atoms with Crippen LogP contribution in [-0.4, -0.2) is 121 Å². The number of imidazole rings is 2. The molecule has 0 saturated carbocycles. The largest absolute Gasteiger partial charge is 0.383 e. The predicted molar refractivity (Wildman–Crippen MR) is 348 cm³/mol. The lowest BCUT2D eigenvalue weighted by molar-refractivity contribution is 0.211. The summed E-state index contributed by atoms with van der Waals surface area (Å²) in [6.07, 6.45) is 12.9. The topological polar surface area (TPSA) is 326 Å². The number of anilines is 4. The zero-order valence-electron chi connectivity index (χ0n) is 50.0. The molecule has 26 heteroatoms. The molecule has 0 radical (unpaired) electrons. The lowest BCUT2D eigenvalue weighted by atomic mass is 10.0. The molecular weight excluding hydrogens is 1180 g/mol. The highest BCUT2D eigenvalue weighted by Gasteiger charge is 2.26. The molecule has 2 aliphatic rings. The highest BCUT2D eigenvalue weighted by atomic mass is 19.1. The predicted octanol–water partition coefficient (Wildman–Crippen LogP) is 7.95. The van der Waals surface area contributed by atoms with Crippen molar-refractivity contribution in [3.05, 3.63) is 208 Å². The molecule has 25 nitrogen and oxygen atoms in total. The van der Waals surface area contributed by atoms with Gasteiger partial charge in [-0.2, -0.15) is 10.5 Å². The Balaban J connectivity index is 0.722. The molecule has 6 N–H and O–H groups in total. The van der Waals surface area contributed by atoms with E-state index in [0.29, 0.717) is 103 Å². The minimum atomic E-state index is -0.995. The number of nitrogens with one attached hydrogen (secondary N) is 2. The van der Waals surface area contributed by atoms with Crippen LogP contribution < -0.4 is 33.2 Å². The smallest absolute Gasteiger partial charge is 0.260 e. The van der Waals surface area contributed by atoms with Crippen LogP contribution in [0.4, 0.5) is 27.7 Å². The first-order valence-electron chi connectivity index (χ1n) is 30.2. The van der Waals surface area contributed by atoms with Crippen LogP contribution in [0.2, 0.25) is 0 Å². The summed E-state index contributed by atoms with van der Waals surface area (Å²) in [4.78, 5) is 82.7. The number of rotatable bonds is 17. The van der Waals surface area contributed by atoms with Gasteiger partial charge in [0.1, 0.15) is 58.3 Å². The number of alkyl halides is 1. The van der Waals surface area contributed by atoms with Gasteiger partial charge in [0.05, 0.1) is 41.0 Å². The summed E-state index contributed by atoms with van der Waals surface area (Å²) in [5, 5.41) is 25.4. The standard InChI is InChI=1S/C67H58FN23O2/c68-39-89-37-43(9-18-59(89)92)52-14-16-55-64(81-52)91(49-12-7-42(8-13-49)36-86-27-20-44(21-28-86)78-56-19-25-73-58(33-70)85-56)66(84-55)60-62(72)80-47(34-75-60)38-88-26-2-4-50(67(88)93)53-15-17-54-65(82-53)90(63(83-54)51-3-1-24-74-61(51)71)48-10-5-41(6-11-48)35-87-29-22-45(23-30-87)79-57-31-46(32-69)76-40-77-57/h1-19,24-26,31,34,37,40,44-45H,20-23,27-30,35-36,38-39H2,(H2,71,74)(H2,72,80)(H,73,78,85)(H,76,77,79). The number of nitrogens with two attached hydrogens (primary N) is 2. The molecule has 2 fully saturated rings. The minimum Gasteiger partial charge on any atom is -0.383 e. The van der Waals surface area contributed by atoms with Crippen molar-refractivity contribution in [2.75, 3.05) is 48.3 Å². The van der Waals surface area contributed by atoms with Gasteiger partial charge >= 0.3 is 0 Å². The number of nitrogens with zero attached hydrogens (tertiary/aromatic N) is 19. The minimum absolute atomic E-state index is 0.0202. The fourth-order valence-electron chi connectivity index (χ4n) is 12.1. The van der Waals surface area contributed by atoms with Crippen LogP contribution in [-0.2, 0) is 26.4 Å². The molecule has 10 aromatic heterocycles. The van der Waals surface area contributed by atoms with Gasteiger partial charge in [-0.15, -0.1) is 0 Å². The number of piperidine rings is 2. The number of aromatic nitrogens is 15. The van der Waals surface area contributed by atoms with E-state index in [9.17, 15) is 24.5 Å². The van der Waals surface area contributed by atoms with Gasteiger partial charge in [0.15, 0.2) is 35.6 Å².